The first-order chi connectivity index (χ1) is 12.6. The van der Waals surface area contributed by atoms with Gasteiger partial charge in [0.25, 0.3) is 5.91 Å². The molecular formula is C17H21BFN3O3S2. The summed E-state index contributed by atoms with van der Waals surface area (Å²) in [6.45, 7) is 9.16. The van der Waals surface area contributed by atoms with Gasteiger partial charge in [-0.05, 0) is 51.6 Å². The van der Waals surface area contributed by atoms with Crippen molar-refractivity contribution < 1.29 is 18.5 Å². The molecule has 1 saturated heterocycles. The fourth-order valence-corrected chi connectivity index (χ4v) is 3.61. The van der Waals surface area contributed by atoms with Crippen molar-refractivity contribution in [3.8, 4) is 0 Å². The number of nitrogens with one attached hydrogen (secondary N) is 1. The smallest absolute Gasteiger partial charge is 0.398 e. The van der Waals surface area contributed by atoms with Gasteiger partial charge in [0.1, 0.15) is 11.6 Å². The molecule has 3 rings (SSSR count). The highest BCUT2D eigenvalue weighted by Crippen LogP contribution is 2.39. The van der Waals surface area contributed by atoms with Crippen LogP contribution in [0.1, 0.15) is 50.1 Å². The number of hydrogen-bond acceptors (Lipinski definition) is 7. The predicted molar refractivity (Wildman–Crippen MR) is 106 cm³/mol. The molecule has 10 heteroatoms. The van der Waals surface area contributed by atoms with Crippen LogP contribution < -0.4 is 5.32 Å². The maximum atomic E-state index is 14.8. The second-order valence-corrected chi connectivity index (χ2v) is 9.04. The van der Waals surface area contributed by atoms with Crippen LogP contribution in [0.4, 0.5) is 9.52 Å². The second kappa shape index (κ2) is 7.42. The van der Waals surface area contributed by atoms with E-state index in [2.05, 4.69) is 14.7 Å². The van der Waals surface area contributed by atoms with E-state index in [1.165, 1.54) is 11.3 Å². The first-order valence-electron chi connectivity index (χ1n) is 8.47. The lowest BCUT2D eigenvalue weighted by atomic mass is 9.84. The van der Waals surface area contributed by atoms with Crippen LogP contribution in [0, 0.1) is 0 Å². The number of nitrogens with zero attached hydrogens (tertiary/aromatic N) is 2. The Kier molecular flexibility index (Phi) is 5.53. The molecule has 6 nitrogen and oxygen atoms in total. The number of carbonyl (C=O) groups excluding carboxylic acids is 1. The number of amides is 1. The molecule has 3 heterocycles. The number of thiophene rings is 1. The maximum Gasteiger partial charge on any atom is 0.525 e. The standard InChI is InChI=1S/C17H21BFN3O3S2/c1-10(13(19)18-24-16(2,3)17(4,5)25-18)9-12-20-15(27-22-12)21-14(23)11-7-6-8-26-11/h6-8H,9H2,1-5H3,(H,20,21,22,23). The van der Waals surface area contributed by atoms with Gasteiger partial charge in [0, 0.05) is 18.0 Å². The number of anilines is 1. The molecule has 27 heavy (non-hydrogen) atoms. The average molecular weight is 409 g/mol. The number of halogens is 1. The highest BCUT2D eigenvalue weighted by Gasteiger charge is 2.53. The summed E-state index contributed by atoms with van der Waals surface area (Å²) in [7, 11) is -1.04. The topological polar surface area (TPSA) is 73.3 Å². The third kappa shape index (κ3) is 4.29. The number of rotatable bonds is 5. The summed E-state index contributed by atoms with van der Waals surface area (Å²) in [4.78, 5) is 16.9. The molecule has 0 aliphatic carbocycles. The fraction of sp³-hybridized carbons (Fsp3) is 0.471. The minimum absolute atomic E-state index is 0.210. The van der Waals surface area contributed by atoms with Crippen molar-refractivity contribution in [1.29, 1.82) is 0 Å². The number of allylic oxidation sites excluding steroid dienone is 1. The maximum absolute atomic E-state index is 14.8. The molecule has 0 bridgehead atoms. The van der Waals surface area contributed by atoms with Crippen LogP contribution in [0.2, 0.25) is 0 Å². The quantitative estimate of drug-likeness (QED) is 0.747. The molecule has 0 atom stereocenters. The van der Waals surface area contributed by atoms with E-state index in [1.807, 2.05) is 33.1 Å². The monoisotopic (exact) mass is 409 g/mol. The summed E-state index contributed by atoms with van der Waals surface area (Å²) in [5, 5.41) is 4.91. The molecule has 144 valence electrons. The Hall–Kier alpha value is -1.62. The summed E-state index contributed by atoms with van der Waals surface area (Å²) in [6.07, 6.45) is 0.210. The average Bonchev–Trinajstić information content (AvgIpc) is 3.28. The highest BCUT2D eigenvalue weighted by molar-refractivity contribution is 7.12. The van der Waals surface area contributed by atoms with Gasteiger partial charge in [0.15, 0.2) is 0 Å². The zero-order valence-corrected chi connectivity index (χ0v) is 17.5. The normalized spacial score (nSPS) is 19.1. The van der Waals surface area contributed by atoms with Gasteiger partial charge in [-0.3, -0.25) is 10.1 Å². The largest absolute Gasteiger partial charge is 0.525 e. The first-order valence-corrected chi connectivity index (χ1v) is 10.1. The van der Waals surface area contributed by atoms with E-state index in [4.69, 9.17) is 9.31 Å². The van der Waals surface area contributed by atoms with Gasteiger partial charge in [0.05, 0.1) is 16.1 Å². The van der Waals surface area contributed by atoms with Crippen molar-refractivity contribution in [3.05, 3.63) is 39.5 Å². The van der Waals surface area contributed by atoms with Crippen LogP contribution in [0.15, 0.2) is 28.8 Å². The van der Waals surface area contributed by atoms with Crippen molar-refractivity contribution in [3.63, 3.8) is 0 Å². The lowest BCUT2D eigenvalue weighted by Gasteiger charge is -2.32. The van der Waals surface area contributed by atoms with E-state index in [-0.39, 0.29) is 12.3 Å². The molecule has 0 spiro atoms. The van der Waals surface area contributed by atoms with E-state index in [1.54, 1.807) is 19.1 Å². The molecule has 2 aromatic heterocycles. The summed E-state index contributed by atoms with van der Waals surface area (Å²) < 4.78 is 30.4. The van der Waals surface area contributed by atoms with Gasteiger partial charge in [-0.25, -0.2) is 9.37 Å². The minimum atomic E-state index is -1.04. The Morgan fingerprint density at radius 1 is 1.30 bits per heavy atom. The molecule has 1 fully saturated rings. The summed E-state index contributed by atoms with van der Waals surface area (Å²) in [6, 6.07) is 3.53. The molecule has 1 N–H and O–H groups in total. The highest BCUT2D eigenvalue weighted by atomic mass is 32.1. The van der Waals surface area contributed by atoms with Gasteiger partial charge < -0.3 is 9.31 Å². The Bertz CT molecular complexity index is 849. The minimum Gasteiger partial charge on any atom is -0.398 e. The van der Waals surface area contributed by atoms with Crippen molar-refractivity contribution in [2.45, 2.75) is 52.2 Å². The zero-order chi connectivity index (χ0) is 19.8. The van der Waals surface area contributed by atoms with Gasteiger partial charge in [-0.2, -0.15) is 4.37 Å². The molecule has 0 radical (unpaired) electrons. The fourth-order valence-electron chi connectivity index (χ4n) is 2.41. The summed E-state index contributed by atoms with van der Waals surface area (Å²) >= 11 is 2.41. The molecule has 0 unspecified atom stereocenters. The van der Waals surface area contributed by atoms with Crippen LogP contribution in [-0.2, 0) is 15.7 Å². The van der Waals surface area contributed by atoms with Gasteiger partial charge in [-0.1, -0.05) is 6.07 Å². The van der Waals surface area contributed by atoms with E-state index in [0.29, 0.717) is 21.4 Å². The van der Waals surface area contributed by atoms with E-state index in [0.717, 1.165) is 11.5 Å². The van der Waals surface area contributed by atoms with E-state index in [9.17, 15) is 9.18 Å². The van der Waals surface area contributed by atoms with E-state index >= 15 is 0 Å². The Labute approximate surface area is 166 Å². The van der Waals surface area contributed by atoms with Crippen LogP contribution in [0.25, 0.3) is 0 Å². The third-order valence-corrected chi connectivity index (χ3v) is 6.26. The Morgan fingerprint density at radius 3 is 2.56 bits per heavy atom. The Balaban J connectivity index is 1.66. The Morgan fingerprint density at radius 2 is 1.96 bits per heavy atom. The van der Waals surface area contributed by atoms with Crippen LogP contribution >= 0.6 is 22.9 Å². The summed E-state index contributed by atoms with van der Waals surface area (Å²) in [5.74, 6) is 0.203. The van der Waals surface area contributed by atoms with Crippen molar-refractivity contribution in [2.75, 3.05) is 5.32 Å². The lowest BCUT2D eigenvalue weighted by molar-refractivity contribution is 0.00578. The van der Waals surface area contributed by atoms with Crippen LogP contribution in [0.3, 0.4) is 0 Å². The zero-order valence-electron chi connectivity index (χ0n) is 15.8. The molecule has 2 aromatic rings. The van der Waals surface area contributed by atoms with Crippen LogP contribution in [-0.4, -0.2) is 33.6 Å². The second-order valence-electron chi connectivity index (χ2n) is 7.34. The number of carbonyl (C=O) groups is 1. The van der Waals surface area contributed by atoms with Gasteiger partial charge >= 0.3 is 7.12 Å². The number of aromatic nitrogens is 2. The third-order valence-electron chi connectivity index (χ3n) is 4.72. The molecular weight excluding hydrogens is 388 g/mol. The molecule has 1 aliphatic heterocycles. The lowest BCUT2D eigenvalue weighted by Crippen LogP contribution is -2.41. The van der Waals surface area contributed by atoms with E-state index < -0.39 is 24.0 Å². The van der Waals surface area contributed by atoms with Crippen molar-refractivity contribution in [1.82, 2.24) is 9.36 Å². The predicted octanol–water partition coefficient (Wildman–Crippen LogP) is 4.27. The van der Waals surface area contributed by atoms with Gasteiger partial charge in [-0.15, -0.1) is 11.3 Å². The van der Waals surface area contributed by atoms with Crippen molar-refractivity contribution in [2.24, 2.45) is 0 Å². The summed E-state index contributed by atoms with van der Waals surface area (Å²) in [5.41, 5.74) is -1.24. The molecule has 1 amide bonds. The van der Waals surface area contributed by atoms with Crippen molar-refractivity contribution >= 4 is 41.0 Å². The molecule has 0 aromatic carbocycles. The number of hydrogen-bond donors (Lipinski definition) is 1. The SMILES string of the molecule is CC(Cc1nsc(NC(=O)c2cccs2)n1)=C(F)B1OC(C)(C)C(C)(C)O1. The van der Waals surface area contributed by atoms with Gasteiger partial charge in [0.2, 0.25) is 5.13 Å². The molecule has 0 saturated carbocycles. The molecule has 1 aliphatic rings. The van der Waals surface area contributed by atoms with Crippen LogP contribution in [0.5, 0.6) is 0 Å². The first kappa shape index (κ1) is 20.1.